The molecule has 0 aliphatic carbocycles. The number of nitrogens with one attached hydrogen (secondary N) is 2. The van der Waals surface area contributed by atoms with Crippen LogP contribution in [0.3, 0.4) is 0 Å². The van der Waals surface area contributed by atoms with E-state index in [1.165, 1.54) is 24.1 Å². The normalized spacial score (nSPS) is 12.7. The number of hydrogen-bond donors (Lipinski definition) is 4. The fourth-order valence-electron chi connectivity index (χ4n) is 3.23. The van der Waals surface area contributed by atoms with Crippen LogP contribution in [0.1, 0.15) is 58.6 Å². The number of methoxy groups -OCH3 is 1. The maximum Gasteiger partial charge on any atom is 0.408 e. The average molecular weight is 496 g/mol. The lowest BCUT2D eigenvalue weighted by Crippen LogP contribution is -2.54. The molecule has 0 saturated carbocycles. The average Bonchev–Trinajstić information content (AvgIpc) is 2.79. The molecular weight excluding hydrogens is 458 g/mol. The Balaban J connectivity index is 3.38. The predicted molar refractivity (Wildman–Crippen MR) is 127 cm³/mol. The number of rotatable bonds is 12. The number of carbonyl (C=O) groups excluding carboxylic acids is 4. The summed E-state index contributed by atoms with van der Waals surface area (Å²) in [6, 6.07) is 3.24. The standard InChI is InChI=1S/C24H37N3O8/c1-6-7-10-13-27(22(32)17(15-28)26-23(33)35-24(2,3)4)20(16-11-8-9-12-18(16)29)21(31)25-14-19(30)34-5/h8-9,11-12,17,20,28-29H,6-7,10,13-15H2,1-5H3,(H,25,31)(H,26,33). The summed E-state index contributed by atoms with van der Waals surface area (Å²) in [5.41, 5.74) is -0.714. The third kappa shape index (κ3) is 9.81. The number of alkyl carbamates (subject to hydrolysis) is 1. The van der Waals surface area contributed by atoms with Crippen molar-refractivity contribution in [2.75, 3.05) is 26.8 Å². The molecule has 0 fully saturated rings. The van der Waals surface area contributed by atoms with E-state index in [-0.39, 0.29) is 17.9 Å². The van der Waals surface area contributed by atoms with Crippen molar-refractivity contribution in [1.29, 1.82) is 0 Å². The van der Waals surface area contributed by atoms with Crippen molar-refractivity contribution in [3.8, 4) is 5.75 Å². The van der Waals surface area contributed by atoms with Gasteiger partial charge in [0.15, 0.2) is 0 Å². The zero-order valence-electron chi connectivity index (χ0n) is 21.0. The number of aliphatic hydroxyl groups is 1. The summed E-state index contributed by atoms with van der Waals surface area (Å²) < 4.78 is 9.74. The van der Waals surface area contributed by atoms with Crippen molar-refractivity contribution in [1.82, 2.24) is 15.5 Å². The summed E-state index contributed by atoms with van der Waals surface area (Å²) in [5.74, 6) is -2.43. The minimum Gasteiger partial charge on any atom is -0.508 e. The van der Waals surface area contributed by atoms with E-state index in [9.17, 15) is 29.4 Å². The summed E-state index contributed by atoms with van der Waals surface area (Å²) in [5, 5.41) is 25.1. The van der Waals surface area contributed by atoms with Crippen LogP contribution in [-0.4, -0.2) is 77.4 Å². The van der Waals surface area contributed by atoms with Gasteiger partial charge < -0.3 is 35.2 Å². The highest BCUT2D eigenvalue weighted by molar-refractivity contribution is 5.93. The number of aromatic hydroxyl groups is 1. The first-order valence-corrected chi connectivity index (χ1v) is 11.5. The van der Waals surface area contributed by atoms with Crippen molar-refractivity contribution in [2.45, 2.75) is 64.6 Å². The topological polar surface area (TPSA) is 154 Å². The smallest absolute Gasteiger partial charge is 0.408 e. The van der Waals surface area contributed by atoms with Crippen LogP contribution in [-0.2, 0) is 23.9 Å². The lowest BCUT2D eigenvalue weighted by molar-refractivity contribution is -0.145. The van der Waals surface area contributed by atoms with Gasteiger partial charge in [-0.25, -0.2) is 4.79 Å². The lowest BCUT2D eigenvalue weighted by Gasteiger charge is -2.34. The zero-order valence-corrected chi connectivity index (χ0v) is 21.0. The van der Waals surface area contributed by atoms with E-state index in [1.54, 1.807) is 32.9 Å². The Labute approximate surface area is 205 Å². The number of phenols is 1. The van der Waals surface area contributed by atoms with Gasteiger partial charge in [0.1, 0.15) is 30.0 Å². The Hall–Kier alpha value is -3.34. The fourth-order valence-corrected chi connectivity index (χ4v) is 3.23. The molecule has 0 aliphatic rings. The molecule has 1 rings (SSSR count). The first-order valence-electron chi connectivity index (χ1n) is 11.5. The molecule has 1 aromatic carbocycles. The first-order chi connectivity index (χ1) is 16.4. The van der Waals surface area contributed by atoms with Crippen LogP contribution in [0.4, 0.5) is 4.79 Å². The number of amides is 3. The highest BCUT2D eigenvalue weighted by atomic mass is 16.6. The monoisotopic (exact) mass is 495 g/mol. The van der Waals surface area contributed by atoms with Gasteiger partial charge in [-0.3, -0.25) is 14.4 Å². The molecule has 2 unspecified atom stereocenters. The van der Waals surface area contributed by atoms with Crippen LogP contribution in [0.15, 0.2) is 24.3 Å². The molecule has 0 aliphatic heterocycles. The van der Waals surface area contributed by atoms with Crippen LogP contribution < -0.4 is 10.6 Å². The minimum atomic E-state index is -1.41. The summed E-state index contributed by atoms with van der Waals surface area (Å²) in [6.07, 6.45) is 1.18. The van der Waals surface area contributed by atoms with Gasteiger partial charge in [0.2, 0.25) is 11.8 Å². The Bertz CT molecular complexity index is 869. The number of esters is 1. The van der Waals surface area contributed by atoms with E-state index in [2.05, 4.69) is 15.4 Å². The molecule has 0 aromatic heterocycles. The van der Waals surface area contributed by atoms with E-state index >= 15 is 0 Å². The van der Waals surface area contributed by atoms with E-state index in [4.69, 9.17) is 4.74 Å². The number of aliphatic hydroxyl groups excluding tert-OH is 1. The summed E-state index contributed by atoms with van der Waals surface area (Å²) >= 11 is 0. The highest BCUT2D eigenvalue weighted by Gasteiger charge is 2.37. The molecule has 11 nitrogen and oxygen atoms in total. The largest absolute Gasteiger partial charge is 0.508 e. The second kappa shape index (κ2) is 14.1. The number of carbonyl (C=O) groups is 4. The minimum absolute atomic E-state index is 0.0871. The number of phenolic OH excluding ortho intramolecular Hbond substituents is 1. The Morgan fingerprint density at radius 2 is 1.77 bits per heavy atom. The number of para-hydroxylation sites is 1. The second-order valence-electron chi connectivity index (χ2n) is 8.88. The van der Waals surface area contributed by atoms with Gasteiger partial charge >= 0.3 is 12.1 Å². The Morgan fingerprint density at radius 1 is 1.11 bits per heavy atom. The van der Waals surface area contributed by atoms with Gasteiger partial charge in [0.25, 0.3) is 0 Å². The SMILES string of the molecule is CCCCCN(C(=O)C(CO)NC(=O)OC(C)(C)C)C(C(=O)NCC(=O)OC)c1ccccc1O. The number of hydrogen-bond acceptors (Lipinski definition) is 8. The molecule has 0 bridgehead atoms. The molecule has 11 heteroatoms. The molecule has 3 amide bonds. The van der Waals surface area contributed by atoms with Crippen LogP contribution in [0, 0.1) is 0 Å². The number of nitrogens with zero attached hydrogens (tertiary/aromatic N) is 1. The van der Waals surface area contributed by atoms with Gasteiger partial charge in [0.05, 0.1) is 13.7 Å². The van der Waals surface area contributed by atoms with E-state index in [0.29, 0.717) is 6.42 Å². The van der Waals surface area contributed by atoms with Gasteiger partial charge in [-0.15, -0.1) is 0 Å². The first kappa shape index (κ1) is 29.7. The molecule has 0 saturated heterocycles. The molecule has 2 atom stereocenters. The number of benzene rings is 1. The Morgan fingerprint density at radius 3 is 2.31 bits per heavy atom. The van der Waals surface area contributed by atoms with Gasteiger partial charge in [-0.05, 0) is 33.3 Å². The maximum atomic E-state index is 13.5. The highest BCUT2D eigenvalue weighted by Crippen LogP contribution is 2.30. The zero-order chi connectivity index (χ0) is 26.6. The van der Waals surface area contributed by atoms with E-state index in [1.807, 2.05) is 6.92 Å². The molecule has 0 heterocycles. The number of ether oxygens (including phenoxy) is 2. The van der Waals surface area contributed by atoms with Gasteiger partial charge in [-0.2, -0.15) is 0 Å². The van der Waals surface area contributed by atoms with Crippen molar-refractivity contribution in [2.24, 2.45) is 0 Å². The van der Waals surface area contributed by atoms with Gasteiger partial charge in [0, 0.05) is 12.1 Å². The Kier molecular flexibility index (Phi) is 12.0. The van der Waals surface area contributed by atoms with Gasteiger partial charge in [-0.1, -0.05) is 38.0 Å². The molecule has 4 N–H and O–H groups in total. The van der Waals surface area contributed by atoms with E-state index < -0.39 is 54.7 Å². The van der Waals surface area contributed by atoms with Crippen molar-refractivity contribution in [3.63, 3.8) is 0 Å². The predicted octanol–water partition coefficient (Wildman–Crippen LogP) is 1.63. The maximum absolute atomic E-state index is 13.5. The van der Waals surface area contributed by atoms with Crippen LogP contribution in [0.25, 0.3) is 0 Å². The third-order valence-corrected chi connectivity index (χ3v) is 4.88. The second-order valence-corrected chi connectivity index (χ2v) is 8.88. The molecule has 1 aromatic rings. The molecule has 196 valence electrons. The van der Waals surface area contributed by atoms with E-state index in [0.717, 1.165) is 12.8 Å². The van der Waals surface area contributed by atoms with Crippen molar-refractivity contribution >= 4 is 23.9 Å². The summed E-state index contributed by atoms with van der Waals surface area (Å²) in [6.45, 7) is 5.81. The summed E-state index contributed by atoms with van der Waals surface area (Å²) in [4.78, 5) is 51.8. The molecule has 0 spiro atoms. The third-order valence-electron chi connectivity index (χ3n) is 4.88. The lowest BCUT2D eigenvalue weighted by atomic mass is 10.0. The quantitative estimate of drug-likeness (QED) is 0.252. The molecule has 35 heavy (non-hydrogen) atoms. The molecule has 0 radical (unpaired) electrons. The number of unbranched alkanes of at least 4 members (excludes halogenated alkanes) is 2. The van der Waals surface area contributed by atoms with Crippen LogP contribution in [0.5, 0.6) is 5.75 Å². The van der Waals surface area contributed by atoms with Crippen molar-refractivity contribution in [3.05, 3.63) is 29.8 Å². The fraction of sp³-hybridized carbons (Fsp3) is 0.583. The van der Waals surface area contributed by atoms with Crippen molar-refractivity contribution < 1.29 is 38.9 Å². The molecular formula is C24H37N3O8. The van der Waals surface area contributed by atoms with Crippen LogP contribution in [0.2, 0.25) is 0 Å². The summed E-state index contributed by atoms with van der Waals surface area (Å²) in [7, 11) is 1.17. The van der Waals surface area contributed by atoms with Crippen LogP contribution >= 0.6 is 0 Å².